The van der Waals surface area contributed by atoms with E-state index in [0.717, 1.165) is 40.1 Å². The summed E-state index contributed by atoms with van der Waals surface area (Å²) < 4.78 is 16.4. The van der Waals surface area contributed by atoms with Crippen molar-refractivity contribution < 1.29 is 14.2 Å². The van der Waals surface area contributed by atoms with Gasteiger partial charge in [0.25, 0.3) is 0 Å². The van der Waals surface area contributed by atoms with Crippen LogP contribution in [0.5, 0.6) is 17.2 Å². The second-order valence-electron chi connectivity index (χ2n) is 7.20. The van der Waals surface area contributed by atoms with Gasteiger partial charge in [-0.15, -0.1) is 24.0 Å². The second-order valence-corrected chi connectivity index (χ2v) is 7.20. The molecule has 2 N–H and O–H groups in total. The lowest BCUT2D eigenvalue weighted by Crippen LogP contribution is -2.39. The van der Waals surface area contributed by atoms with Crippen LogP contribution in [0.4, 0.5) is 0 Å². The van der Waals surface area contributed by atoms with Gasteiger partial charge >= 0.3 is 0 Å². The van der Waals surface area contributed by atoms with Gasteiger partial charge in [-0.3, -0.25) is 4.99 Å². The summed E-state index contributed by atoms with van der Waals surface area (Å²) in [5, 5.41) is 3.40. The van der Waals surface area contributed by atoms with Gasteiger partial charge in [0.1, 0.15) is 23.1 Å². The Morgan fingerprint density at radius 3 is 2.30 bits per heavy atom. The van der Waals surface area contributed by atoms with E-state index in [0.29, 0.717) is 25.3 Å². The summed E-state index contributed by atoms with van der Waals surface area (Å²) in [6.45, 7) is 1.26. The molecule has 0 aliphatic carbocycles. The lowest BCUT2D eigenvalue weighted by molar-refractivity contribution is 0.368. The highest BCUT2D eigenvalue weighted by Crippen LogP contribution is 2.34. The molecule has 0 aliphatic rings. The van der Waals surface area contributed by atoms with E-state index in [-0.39, 0.29) is 24.0 Å². The Morgan fingerprint density at radius 2 is 1.73 bits per heavy atom. The number of methoxy groups -OCH3 is 3. The molecule has 0 spiro atoms. The van der Waals surface area contributed by atoms with E-state index in [1.165, 1.54) is 0 Å². The first-order chi connectivity index (χ1) is 15.6. The Hall–Kier alpha value is -2.95. The average molecular weight is 565 g/mol. The predicted molar refractivity (Wildman–Crippen MR) is 142 cm³/mol. The first-order valence-corrected chi connectivity index (χ1v) is 10.4. The molecule has 0 aliphatic heterocycles. The van der Waals surface area contributed by atoms with Gasteiger partial charge in [-0.05, 0) is 12.0 Å². The largest absolute Gasteiger partial charge is 0.496 e. The maximum Gasteiger partial charge on any atom is 0.193 e. The second kappa shape index (κ2) is 12.9. The molecule has 0 saturated carbocycles. The lowest BCUT2D eigenvalue weighted by Gasteiger charge is -2.22. The Balaban J connectivity index is 0.00000385. The Labute approximate surface area is 212 Å². The van der Waals surface area contributed by atoms with E-state index in [2.05, 4.69) is 32.4 Å². The van der Waals surface area contributed by atoms with Gasteiger partial charge in [0.05, 0.1) is 39.8 Å². The summed E-state index contributed by atoms with van der Waals surface area (Å²) in [7, 11) is 8.66. The minimum atomic E-state index is 0. The van der Waals surface area contributed by atoms with Crippen LogP contribution in [0.3, 0.4) is 0 Å². The molecule has 0 atom stereocenters. The summed E-state index contributed by atoms with van der Waals surface area (Å²) in [6.07, 6.45) is 2.55. The smallest absolute Gasteiger partial charge is 0.193 e. The number of guanidine groups is 1. The minimum absolute atomic E-state index is 0. The fourth-order valence-electron chi connectivity index (χ4n) is 3.52. The molecule has 8 nitrogen and oxygen atoms in total. The van der Waals surface area contributed by atoms with Gasteiger partial charge in [-0.2, -0.15) is 0 Å². The third kappa shape index (κ3) is 6.77. The van der Waals surface area contributed by atoms with E-state index < -0.39 is 0 Å². The molecule has 0 unspecified atom stereocenters. The fraction of sp³-hybridized carbons (Fsp3) is 0.333. The van der Waals surface area contributed by atoms with Crippen molar-refractivity contribution in [2.45, 2.75) is 13.0 Å². The Kier molecular flexibility index (Phi) is 10.3. The zero-order valence-electron chi connectivity index (χ0n) is 19.7. The number of aliphatic imine (C=N–C) groups is 1. The van der Waals surface area contributed by atoms with Crippen molar-refractivity contribution in [1.82, 2.24) is 20.2 Å². The molecular formula is C24H32IN5O3. The zero-order valence-corrected chi connectivity index (χ0v) is 22.0. The van der Waals surface area contributed by atoms with Crippen LogP contribution >= 0.6 is 24.0 Å². The van der Waals surface area contributed by atoms with Crippen LogP contribution in [0.25, 0.3) is 11.3 Å². The molecule has 3 aromatic rings. The van der Waals surface area contributed by atoms with Gasteiger partial charge in [0.15, 0.2) is 5.96 Å². The van der Waals surface area contributed by atoms with Crippen LogP contribution in [-0.2, 0) is 13.0 Å². The molecule has 1 aromatic heterocycles. The van der Waals surface area contributed by atoms with Gasteiger partial charge in [-0.25, -0.2) is 4.98 Å². The number of halogens is 1. The molecule has 3 rings (SSSR count). The van der Waals surface area contributed by atoms with E-state index >= 15 is 0 Å². The number of hydrogen-bond acceptors (Lipinski definition) is 5. The number of ether oxygens (including phenoxy) is 3. The van der Waals surface area contributed by atoms with Gasteiger partial charge in [0.2, 0.25) is 0 Å². The van der Waals surface area contributed by atoms with E-state index in [1.807, 2.05) is 48.5 Å². The number of imidazole rings is 1. The van der Waals surface area contributed by atoms with Crippen LogP contribution in [-0.4, -0.2) is 62.8 Å². The van der Waals surface area contributed by atoms with Gasteiger partial charge < -0.3 is 29.4 Å². The van der Waals surface area contributed by atoms with Crippen molar-refractivity contribution in [2.75, 3.05) is 42.0 Å². The van der Waals surface area contributed by atoms with Crippen LogP contribution in [0.2, 0.25) is 0 Å². The summed E-state index contributed by atoms with van der Waals surface area (Å²) in [6, 6.07) is 13.9. The number of hydrogen-bond donors (Lipinski definition) is 2. The molecule has 0 saturated heterocycles. The number of benzene rings is 2. The van der Waals surface area contributed by atoms with Crippen molar-refractivity contribution in [1.29, 1.82) is 0 Å². The minimum Gasteiger partial charge on any atom is -0.496 e. The third-order valence-corrected chi connectivity index (χ3v) is 5.15. The highest BCUT2D eigenvalue weighted by Gasteiger charge is 2.14. The SMILES string of the molecule is CN=C(NCCc1c(OC)cc(OC)cc1OC)N(C)Cc1ncc(-c2ccccc2)[nH]1.I. The quantitative estimate of drug-likeness (QED) is 0.232. The Morgan fingerprint density at radius 1 is 1.06 bits per heavy atom. The van der Waals surface area contributed by atoms with Crippen LogP contribution in [0, 0.1) is 0 Å². The summed E-state index contributed by atoms with van der Waals surface area (Å²) in [4.78, 5) is 14.3. The van der Waals surface area contributed by atoms with Crippen molar-refractivity contribution in [3.8, 4) is 28.5 Å². The van der Waals surface area contributed by atoms with E-state index in [4.69, 9.17) is 14.2 Å². The molecule has 9 heteroatoms. The lowest BCUT2D eigenvalue weighted by atomic mass is 10.1. The molecule has 0 fully saturated rings. The maximum absolute atomic E-state index is 5.54. The first-order valence-electron chi connectivity index (χ1n) is 10.4. The van der Waals surface area contributed by atoms with Crippen molar-refractivity contribution in [3.63, 3.8) is 0 Å². The average Bonchev–Trinajstić information content (AvgIpc) is 3.30. The van der Waals surface area contributed by atoms with E-state index in [1.54, 1.807) is 28.4 Å². The number of nitrogens with one attached hydrogen (secondary N) is 2. The Bertz CT molecular complexity index is 1010. The van der Waals surface area contributed by atoms with Crippen molar-refractivity contribution in [2.24, 2.45) is 4.99 Å². The molecular weight excluding hydrogens is 533 g/mol. The van der Waals surface area contributed by atoms with Gasteiger partial charge in [0, 0.05) is 38.3 Å². The van der Waals surface area contributed by atoms with Crippen LogP contribution in [0.15, 0.2) is 53.7 Å². The number of aromatic amines is 1. The topological polar surface area (TPSA) is 84.0 Å². The molecule has 0 amide bonds. The number of nitrogens with zero attached hydrogens (tertiary/aromatic N) is 3. The number of rotatable bonds is 9. The summed E-state index contributed by atoms with van der Waals surface area (Å²) in [5.74, 6) is 3.80. The summed E-state index contributed by atoms with van der Waals surface area (Å²) in [5.41, 5.74) is 3.08. The van der Waals surface area contributed by atoms with Crippen molar-refractivity contribution in [3.05, 3.63) is 60.0 Å². The maximum atomic E-state index is 5.54. The molecule has 0 bridgehead atoms. The zero-order chi connectivity index (χ0) is 22.9. The highest BCUT2D eigenvalue weighted by atomic mass is 127. The summed E-state index contributed by atoms with van der Waals surface area (Å²) >= 11 is 0. The molecule has 33 heavy (non-hydrogen) atoms. The number of H-pyrrole nitrogens is 1. The monoisotopic (exact) mass is 565 g/mol. The van der Waals surface area contributed by atoms with E-state index in [9.17, 15) is 0 Å². The molecule has 2 aromatic carbocycles. The standard InChI is InChI=1S/C24H31N5O3.HI/c1-25-24(26-12-11-19-21(31-4)13-18(30-3)14-22(19)32-5)29(2)16-23-27-15-20(28-23)17-9-7-6-8-10-17;/h6-10,13-15H,11-12,16H2,1-5H3,(H,25,26)(H,27,28);1H. The predicted octanol–water partition coefficient (Wildman–Crippen LogP) is 3.97. The first kappa shape index (κ1) is 26.3. The number of aromatic nitrogens is 2. The van der Waals surface area contributed by atoms with Crippen LogP contribution in [0.1, 0.15) is 11.4 Å². The van der Waals surface area contributed by atoms with Crippen LogP contribution < -0.4 is 19.5 Å². The molecule has 1 heterocycles. The van der Waals surface area contributed by atoms with Crippen molar-refractivity contribution >= 4 is 29.9 Å². The molecule has 178 valence electrons. The normalized spacial score (nSPS) is 10.9. The third-order valence-electron chi connectivity index (χ3n) is 5.15. The van der Waals surface area contributed by atoms with Gasteiger partial charge in [-0.1, -0.05) is 30.3 Å². The highest BCUT2D eigenvalue weighted by molar-refractivity contribution is 14.0. The fourth-order valence-corrected chi connectivity index (χ4v) is 3.52. The molecule has 0 radical (unpaired) electrons.